The fraction of sp³-hybridized carbons (Fsp3) is 0.375. The summed E-state index contributed by atoms with van der Waals surface area (Å²) in [6, 6.07) is 3.86. The fourth-order valence-electron chi connectivity index (χ4n) is 1.15. The Labute approximate surface area is 70.2 Å². The lowest BCUT2D eigenvalue weighted by molar-refractivity contribution is 0.808. The van der Waals surface area contributed by atoms with Crippen LogP contribution in [-0.2, 0) is 6.42 Å². The standard InChI is InChI=1S/C8H10N4/c1-3-7-9-10-8-5-4-6(2)11-12(7)8/h4-5H,3H2,1-2H3. The molecule has 2 rings (SSSR count). The third-order valence-electron chi connectivity index (χ3n) is 1.78. The summed E-state index contributed by atoms with van der Waals surface area (Å²) in [5, 5.41) is 12.3. The van der Waals surface area contributed by atoms with Crippen LogP contribution in [0.4, 0.5) is 0 Å². The lowest BCUT2D eigenvalue weighted by Gasteiger charge is -1.95. The first-order chi connectivity index (χ1) is 5.81. The second kappa shape index (κ2) is 2.55. The fourth-order valence-corrected chi connectivity index (χ4v) is 1.15. The number of nitrogens with zero attached hydrogens (tertiary/aromatic N) is 4. The molecule has 0 fully saturated rings. The molecule has 0 unspecified atom stereocenters. The average Bonchev–Trinajstić information content (AvgIpc) is 2.46. The molecule has 0 spiro atoms. The summed E-state index contributed by atoms with van der Waals surface area (Å²) in [5.41, 5.74) is 1.80. The minimum absolute atomic E-state index is 0.817. The second-order valence-corrected chi connectivity index (χ2v) is 2.71. The summed E-state index contributed by atoms with van der Waals surface area (Å²) in [7, 11) is 0. The van der Waals surface area contributed by atoms with Crippen molar-refractivity contribution in [3.05, 3.63) is 23.7 Å². The van der Waals surface area contributed by atoms with E-state index < -0.39 is 0 Å². The first-order valence-corrected chi connectivity index (χ1v) is 3.99. The van der Waals surface area contributed by atoms with Gasteiger partial charge in [0.15, 0.2) is 11.5 Å². The van der Waals surface area contributed by atoms with Crippen molar-refractivity contribution in [2.24, 2.45) is 0 Å². The van der Waals surface area contributed by atoms with Gasteiger partial charge in [-0.1, -0.05) is 6.92 Å². The summed E-state index contributed by atoms with van der Waals surface area (Å²) in [5.74, 6) is 0.911. The average molecular weight is 162 g/mol. The van der Waals surface area contributed by atoms with E-state index in [2.05, 4.69) is 15.3 Å². The largest absolute Gasteiger partial charge is 0.197 e. The molecule has 12 heavy (non-hydrogen) atoms. The van der Waals surface area contributed by atoms with Crippen LogP contribution < -0.4 is 0 Å². The van der Waals surface area contributed by atoms with Crippen molar-refractivity contribution in [1.82, 2.24) is 19.8 Å². The van der Waals surface area contributed by atoms with Gasteiger partial charge in [-0.15, -0.1) is 10.2 Å². The monoisotopic (exact) mass is 162 g/mol. The minimum Gasteiger partial charge on any atom is -0.197 e. The summed E-state index contributed by atoms with van der Waals surface area (Å²) in [4.78, 5) is 0. The molecule has 0 radical (unpaired) electrons. The molecular weight excluding hydrogens is 152 g/mol. The zero-order valence-corrected chi connectivity index (χ0v) is 7.15. The molecule has 4 heteroatoms. The zero-order chi connectivity index (χ0) is 8.55. The predicted molar refractivity (Wildman–Crippen MR) is 44.9 cm³/mol. The molecule has 0 aliphatic heterocycles. The van der Waals surface area contributed by atoms with Gasteiger partial charge in [-0.2, -0.15) is 9.61 Å². The van der Waals surface area contributed by atoms with Crippen molar-refractivity contribution in [1.29, 1.82) is 0 Å². The van der Waals surface area contributed by atoms with Crippen LogP contribution in [0.25, 0.3) is 5.65 Å². The molecule has 0 aliphatic rings. The molecule has 2 heterocycles. The van der Waals surface area contributed by atoms with E-state index in [9.17, 15) is 0 Å². The Morgan fingerprint density at radius 1 is 1.33 bits per heavy atom. The summed E-state index contributed by atoms with van der Waals surface area (Å²) in [6.07, 6.45) is 0.859. The molecule has 0 aliphatic carbocycles. The van der Waals surface area contributed by atoms with Gasteiger partial charge in [0.2, 0.25) is 0 Å². The Hall–Kier alpha value is -1.45. The first-order valence-electron chi connectivity index (χ1n) is 3.99. The van der Waals surface area contributed by atoms with Gasteiger partial charge in [-0.25, -0.2) is 0 Å². The number of fused-ring (bicyclic) bond motifs is 1. The highest BCUT2D eigenvalue weighted by atomic mass is 15.4. The molecule has 4 nitrogen and oxygen atoms in total. The van der Waals surface area contributed by atoms with Crippen LogP contribution in [0.5, 0.6) is 0 Å². The lowest BCUT2D eigenvalue weighted by atomic mass is 10.4. The van der Waals surface area contributed by atoms with E-state index in [1.807, 2.05) is 26.0 Å². The molecule has 0 amide bonds. The van der Waals surface area contributed by atoms with Crippen LogP contribution in [0, 0.1) is 6.92 Å². The summed E-state index contributed by atoms with van der Waals surface area (Å²) < 4.78 is 1.79. The number of hydrogen-bond acceptors (Lipinski definition) is 3. The maximum Gasteiger partial charge on any atom is 0.177 e. The number of hydrogen-bond donors (Lipinski definition) is 0. The normalized spacial score (nSPS) is 10.8. The van der Waals surface area contributed by atoms with Crippen LogP contribution in [-0.4, -0.2) is 19.8 Å². The summed E-state index contributed by atoms with van der Waals surface area (Å²) >= 11 is 0. The smallest absolute Gasteiger partial charge is 0.177 e. The van der Waals surface area contributed by atoms with E-state index in [0.29, 0.717) is 0 Å². The Kier molecular flexibility index (Phi) is 1.53. The van der Waals surface area contributed by atoms with E-state index in [1.54, 1.807) is 4.52 Å². The quantitative estimate of drug-likeness (QED) is 0.628. The highest BCUT2D eigenvalue weighted by Crippen LogP contribution is 2.02. The third kappa shape index (κ3) is 0.958. The lowest BCUT2D eigenvalue weighted by Crippen LogP contribution is -1.98. The molecular formula is C8H10N4. The van der Waals surface area contributed by atoms with Gasteiger partial charge in [0.25, 0.3) is 0 Å². The highest BCUT2D eigenvalue weighted by molar-refractivity contribution is 5.35. The Bertz CT molecular complexity index is 404. The number of aryl methyl sites for hydroxylation is 2. The van der Waals surface area contributed by atoms with Crippen LogP contribution in [0.3, 0.4) is 0 Å². The maximum atomic E-state index is 4.30. The van der Waals surface area contributed by atoms with Crippen LogP contribution in [0.15, 0.2) is 12.1 Å². The zero-order valence-electron chi connectivity index (χ0n) is 7.15. The summed E-state index contributed by atoms with van der Waals surface area (Å²) in [6.45, 7) is 4.00. The van der Waals surface area contributed by atoms with Crippen molar-refractivity contribution >= 4 is 5.65 Å². The molecule has 0 atom stereocenters. The second-order valence-electron chi connectivity index (χ2n) is 2.71. The van der Waals surface area contributed by atoms with Gasteiger partial charge in [-0.05, 0) is 19.1 Å². The topological polar surface area (TPSA) is 43.1 Å². The van der Waals surface area contributed by atoms with Gasteiger partial charge < -0.3 is 0 Å². The molecule has 0 saturated carbocycles. The van der Waals surface area contributed by atoms with Crippen molar-refractivity contribution in [2.75, 3.05) is 0 Å². The van der Waals surface area contributed by atoms with E-state index in [4.69, 9.17) is 0 Å². The molecule has 2 aromatic heterocycles. The number of aromatic nitrogens is 4. The van der Waals surface area contributed by atoms with Gasteiger partial charge in [0, 0.05) is 6.42 Å². The predicted octanol–water partition coefficient (Wildman–Crippen LogP) is 0.995. The van der Waals surface area contributed by atoms with Crippen molar-refractivity contribution in [3.63, 3.8) is 0 Å². The van der Waals surface area contributed by atoms with Gasteiger partial charge in [-0.3, -0.25) is 0 Å². The number of rotatable bonds is 1. The highest BCUT2D eigenvalue weighted by Gasteiger charge is 2.02. The molecule has 0 aromatic carbocycles. The molecule has 0 N–H and O–H groups in total. The van der Waals surface area contributed by atoms with Crippen LogP contribution >= 0.6 is 0 Å². The van der Waals surface area contributed by atoms with Crippen LogP contribution in [0.2, 0.25) is 0 Å². The Morgan fingerprint density at radius 3 is 2.92 bits per heavy atom. The van der Waals surface area contributed by atoms with Crippen molar-refractivity contribution in [3.8, 4) is 0 Å². The van der Waals surface area contributed by atoms with Gasteiger partial charge >= 0.3 is 0 Å². The van der Waals surface area contributed by atoms with E-state index in [1.165, 1.54) is 0 Å². The van der Waals surface area contributed by atoms with Crippen molar-refractivity contribution < 1.29 is 0 Å². The molecule has 0 saturated heterocycles. The first kappa shape index (κ1) is 7.21. The van der Waals surface area contributed by atoms with E-state index in [0.717, 1.165) is 23.6 Å². The van der Waals surface area contributed by atoms with Gasteiger partial charge in [0.05, 0.1) is 5.69 Å². The van der Waals surface area contributed by atoms with E-state index >= 15 is 0 Å². The van der Waals surface area contributed by atoms with Gasteiger partial charge in [0.1, 0.15) is 0 Å². The minimum atomic E-state index is 0.817. The van der Waals surface area contributed by atoms with Crippen molar-refractivity contribution in [2.45, 2.75) is 20.3 Å². The molecule has 0 bridgehead atoms. The molecule has 62 valence electrons. The molecule has 2 aromatic rings. The SMILES string of the molecule is CCc1nnc2ccc(C)nn12. The van der Waals surface area contributed by atoms with E-state index in [-0.39, 0.29) is 0 Å². The Balaban J connectivity index is 2.75. The third-order valence-corrected chi connectivity index (χ3v) is 1.78. The maximum absolute atomic E-state index is 4.30. The van der Waals surface area contributed by atoms with Crippen LogP contribution in [0.1, 0.15) is 18.4 Å². The Morgan fingerprint density at radius 2 is 2.17 bits per heavy atom.